The highest BCUT2D eigenvalue weighted by molar-refractivity contribution is 7.91. The highest BCUT2D eigenvalue weighted by Crippen LogP contribution is 2.40. The average molecular weight is 541 g/mol. The number of amides is 2. The number of urea groups is 1. The first-order chi connectivity index (χ1) is 17.4. The fraction of sp³-hybridized carbons (Fsp3) is 0.318. The van der Waals surface area contributed by atoms with Gasteiger partial charge in [0.15, 0.2) is 9.92 Å². The normalized spacial score (nSPS) is 16.8. The molecular weight excluding hydrogens is 517 g/mol. The highest BCUT2D eigenvalue weighted by Gasteiger charge is 2.34. The highest BCUT2D eigenvalue weighted by atomic mass is 32.2. The number of carbonyl (C=O) groups excluding carboxylic acids is 1. The molecule has 3 N–H and O–H groups in total. The van der Waals surface area contributed by atoms with Gasteiger partial charge < -0.3 is 19.5 Å². The molecule has 2 atom stereocenters. The molecule has 0 fully saturated rings. The van der Waals surface area contributed by atoms with Crippen LogP contribution in [-0.4, -0.2) is 51.9 Å². The number of benzene rings is 1. The summed E-state index contributed by atoms with van der Waals surface area (Å²) in [5.41, 5.74) is -0.782. The molecule has 3 heterocycles. The Kier molecular flexibility index (Phi) is 7.12. The monoisotopic (exact) mass is 540 g/mol. The number of carbonyl (C=O) groups is 1. The molecule has 11 nitrogen and oxygen atoms in total. The minimum atomic E-state index is -4.69. The Hall–Kier alpha value is -3.69. The summed E-state index contributed by atoms with van der Waals surface area (Å²) in [7, 11) is -0.992. The molecule has 1 aliphatic rings. The van der Waals surface area contributed by atoms with Crippen LogP contribution in [0.4, 0.5) is 23.7 Å². The van der Waals surface area contributed by atoms with Crippen molar-refractivity contribution < 1.29 is 36.4 Å². The van der Waals surface area contributed by atoms with Crippen LogP contribution in [0, 0.1) is 6.92 Å². The van der Waals surface area contributed by atoms with Crippen LogP contribution in [0.5, 0.6) is 11.8 Å². The number of nitrogens with one attached hydrogen (secondary N) is 1. The van der Waals surface area contributed by atoms with E-state index < -0.39 is 27.7 Å². The van der Waals surface area contributed by atoms with E-state index in [1.807, 2.05) is 0 Å². The van der Waals surface area contributed by atoms with Crippen molar-refractivity contribution in [2.45, 2.75) is 30.6 Å². The van der Waals surface area contributed by atoms with E-state index in [-0.39, 0.29) is 46.2 Å². The maximum atomic E-state index is 13.6. The smallest absolute Gasteiger partial charge is 0.416 e. The summed E-state index contributed by atoms with van der Waals surface area (Å²) in [6.07, 6.45) is -2.41. The third-order valence-corrected chi connectivity index (χ3v) is 7.01. The van der Waals surface area contributed by atoms with Gasteiger partial charge in [-0.2, -0.15) is 18.3 Å². The predicted octanol–water partition coefficient (Wildman–Crippen LogP) is 3.62. The Morgan fingerprint density at radius 1 is 1.32 bits per heavy atom. The van der Waals surface area contributed by atoms with Gasteiger partial charge in [0.2, 0.25) is 11.8 Å². The largest absolute Gasteiger partial charge is 0.481 e. The number of hydrogen-bond donors (Lipinski definition) is 2. The SMILES string of the molecule is COc1cc(-c2ccc(C(F)(F)F)c(C)c2NC(=O)N=[S@@](N)(=O)c2cnn3c2OC[C@@H](OC)C3)ccn1. The van der Waals surface area contributed by atoms with Crippen molar-refractivity contribution in [3.05, 3.63) is 47.8 Å². The molecule has 3 aromatic rings. The van der Waals surface area contributed by atoms with E-state index in [0.29, 0.717) is 12.1 Å². The minimum absolute atomic E-state index is 0.0668. The zero-order valence-electron chi connectivity index (χ0n) is 19.9. The third kappa shape index (κ3) is 5.38. The van der Waals surface area contributed by atoms with Crippen molar-refractivity contribution in [1.82, 2.24) is 14.8 Å². The fourth-order valence-corrected chi connectivity index (χ4v) is 4.81. The molecule has 0 spiro atoms. The molecule has 1 aliphatic heterocycles. The molecule has 0 unspecified atom stereocenters. The van der Waals surface area contributed by atoms with E-state index in [1.54, 1.807) is 0 Å². The van der Waals surface area contributed by atoms with Gasteiger partial charge in [0.05, 0.1) is 31.1 Å². The molecule has 0 aliphatic carbocycles. The molecular formula is C22H23F3N6O5S. The average Bonchev–Trinajstić information content (AvgIpc) is 3.28. The zero-order chi connectivity index (χ0) is 27.0. The number of rotatable bonds is 5. The molecule has 0 saturated heterocycles. The molecule has 4 rings (SSSR count). The Morgan fingerprint density at radius 2 is 2.08 bits per heavy atom. The van der Waals surface area contributed by atoms with Crippen LogP contribution in [0.1, 0.15) is 11.1 Å². The Bertz CT molecular complexity index is 1470. The second-order valence-electron chi connectivity index (χ2n) is 8.00. The van der Waals surface area contributed by atoms with Gasteiger partial charge in [-0.15, -0.1) is 4.36 Å². The van der Waals surface area contributed by atoms with E-state index in [1.165, 1.54) is 50.2 Å². The van der Waals surface area contributed by atoms with Crippen LogP contribution in [0.2, 0.25) is 0 Å². The van der Waals surface area contributed by atoms with Crippen molar-refractivity contribution in [2.24, 2.45) is 9.50 Å². The van der Waals surface area contributed by atoms with Crippen LogP contribution < -0.4 is 19.9 Å². The van der Waals surface area contributed by atoms with Gasteiger partial charge in [-0.25, -0.2) is 23.8 Å². The molecule has 198 valence electrons. The molecule has 0 radical (unpaired) electrons. The van der Waals surface area contributed by atoms with Gasteiger partial charge in [-0.1, -0.05) is 6.07 Å². The number of methoxy groups -OCH3 is 2. The minimum Gasteiger partial charge on any atom is -0.481 e. The summed E-state index contributed by atoms with van der Waals surface area (Å²) < 4.78 is 74.9. The number of alkyl halides is 3. The summed E-state index contributed by atoms with van der Waals surface area (Å²) in [5.74, 6) is 0.279. The van der Waals surface area contributed by atoms with Gasteiger partial charge in [-0.05, 0) is 30.2 Å². The van der Waals surface area contributed by atoms with E-state index in [4.69, 9.17) is 19.3 Å². The van der Waals surface area contributed by atoms with Crippen molar-refractivity contribution in [1.29, 1.82) is 0 Å². The number of pyridine rings is 1. The van der Waals surface area contributed by atoms with Crippen molar-refractivity contribution in [2.75, 3.05) is 26.1 Å². The standard InChI is InChI=1S/C22H23F3N6O5S/c1-12-16(22(23,24)25)5-4-15(13-6-7-27-18(8-13)35-3)19(12)29-21(32)30-37(26,33)17-9-28-31-10-14(34-2)11-36-20(17)31/h4-9,14H,10-11H2,1-3H3,(H3,26,29,30,32,33)/t14-,37+/m0/s1. The van der Waals surface area contributed by atoms with E-state index in [0.717, 1.165) is 12.3 Å². The maximum Gasteiger partial charge on any atom is 0.416 e. The lowest BCUT2D eigenvalue weighted by atomic mass is 9.97. The molecule has 15 heteroatoms. The van der Waals surface area contributed by atoms with Gasteiger partial charge in [0.1, 0.15) is 17.6 Å². The number of aromatic nitrogens is 3. The maximum absolute atomic E-state index is 13.6. The summed E-state index contributed by atoms with van der Waals surface area (Å²) in [6, 6.07) is 3.91. The lowest BCUT2D eigenvalue weighted by Gasteiger charge is -2.23. The van der Waals surface area contributed by atoms with Gasteiger partial charge >= 0.3 is 12.2 Å². The van der Waals surface area contributed by atoms with Gasteiger partial charge in [0.25, 0.3) is 0 Å². The van der Waals surface area contributed by atoms with Crippen LogP contribution in [0.25, 0.3) is 11.1 Å². The Balaban J connectivity index is 1.74. The van der Waals surface area contributed by atoms with Crippen molar-refractivity contribution >= 4 is 21.6 Å². The first kappa shape index (κ1) is 26.4. The first-order valence-electron chi connectivity index (χ1n) is 10.7. The van der Waals surface area contributed by atoms with Crippen LogP contribution in [-0.2, 0) is 27.4 Å². The second-order valence-corrected chi connectivity index (χ2v) is 9.76. The predicted molar refractivity (Wildman–Crippen MR) is 127 cm³/mol. The Morgan fingerprint density at radius 3 is 2.76 bits per heavy atom. The molecule has 0 bridgehead atoms. The molecule has 0 saturated carbocycles. The number of hydrogen-bond acceptors (Lipinski definition) is 7. The number of halogens is 3. The summed E-state index contributed by atoms with van der Waals surface area (Å²) in [5, 5.41) is 12.3. The number of nitrogens with zero attached hydrogens (tertiary/aromatic N) is 4. The van der Waals surface area contributed by atoms with E-state index in [2.05, 4.69) is 19.8 Å². The van der Waals surface area contributed by atoms with Gasteiger partial charge in [-0.3, -0.25) is 0 Å². The van der Waals surface area contributed by atoms with E-state index >= 15 is 0 Å². The second kappa shape index (κ2) is 9.99. The molecule has 37 heavy (non-hydrogen) atoms. The fourth-order valence-electron chi connectivity index (χ4n) is 3.80. The van der Waals surface area contributed by atoms with Crippen LogP contribution in [0.15, 0.2) is 45.9 Å². The molecule has 1 aromatic carbocycles. The lowest BCUT2D eigenvalue weighted by Crippen LogP contribution is -2.32. The van der Waals surface area contributed by atoms with Crippen molar-refractivity contribution in [3.8, 4) is 22.9 Å². The summed E-state index contributed by atoms with van der Waals surface area (Å²) in [6.45, 7) is 1.64. The van der Waals surface area contributed by atoms with Crippen molar-refractivity contribution in [3.63, 3.8) is 0 Å². The third-order valence-electron chi connectivity index (χ3n) is 5.67. The zero-order valence-corrected chi connectivity index (χ0v) is 20.7. The summed E-state index contributed by atoms with van der Waals surface area (Å²) in [4.78, 5) is 16.7. The number of fused-ring (bicyclic) bond motifs is 1. The Labute approximate surface area is 210 Å². The first-order valence-corrected chi connectivity index (χ1v) is 12.3. The molecule has 2 amide bonds. The number of anilines is 1. The topological polar surface area (TPSA) is 143 Å². The van der Waals surface area contributed by atoms with Crippen LogP contribution in [0.3, 0.4) is 0 Å². The quantitative estimate of drug-likeness (QED) is 0.503. The lowest BCUT2D eigenvalue weighted by molar-refractivity contribution is -0.138. The van der Waals surface area contributed by atoms with Crippen LogP contribution >= 0.6 is 0 Å². The van der Waals surface area contributed by atoms with Gasteiger partial charge in [0, 0.05) is 24.9 Å². The molecule has 2 aromatic heterocycles. The number of ether oxygens (including phenoxy) is 3. The van der Waals surface area contributed by atoms with E-state index in [9.17, 15) is 22.2 Å². The summed E-state index contributed by atoms with van der Waals surface area (Å²) >= 11 is 0. The number of nitrogens with two attached hydrogens (primary N) is 1.